The van der Waals surface area contributed by atoms with E-state index in [4.69, 9.17) is 10.3 Å². The molecule has 0 fully saturated rings. The first-order valence-corrected chi connectivity index (χ1v) is 6.16. The second kappa shape index (κ2) is 6.14. The average molecular weight is 281 g/mol. The molecule has 0 unspecified atom stereocenters. The van der Waals surface area contributed by atoms with Crippen LogP contribution in [-0.2, 0) is 26.1 Å². The Balaban J connectivity index is 0.00000133. The van der Waals surface area contributed by atoms with Gasteiger partial charge in [0.1, 0.15) is 0 Å². The van der Waals surface area contributed by atoms with E-state index in [2.05, 4.69) is 39.3 Å². The van der Waals surface area contributed by atoms with Crippen molar-refractivity contribution in [3.8, 4) is 0 Å². The second-order valence-corrected chi connectivity index (χ2v) is 4.54. The number of hydrogen-bond donors (Lipinski definition) is 1. The van der Waals surface area contributed by atoms with Crippen LogP contribution in [0.5, 0.6) is 0 Å². The molecule has 2 heterocycles. The van der Waals surface area contributed by atoms with Crippen LogP contribution in [0, 0.1) is 0 Å². The van der Waals surface area contributed by atoms with Crippen molar-refractivity contribution in [2.24, 2.45) is 5.73 Å². The average Bonchev–Trinajstić information content (AvgIpc) is 2.86. The molecule has 0 amide bonds. The molecule has 1 aromatic carbocycles. The Labute approximate surface area is 118 Å². The molecule has 3 rings (SSSR count). The second-order valence-electron chi connectivity index (χ2n) is 4.54. The molecular formula is C13H17ClN4O. The molecule has 0 saturated carbocycles. The first kappa shape index (κ1) is 14.0. The molecular weight excluding hydrogens is 264 g/mol. The maximum absolute atomic E-state index is 5.45. The molecule has 102 valence electrons. The zero-order valence-electron chi connectivity index (χ0n) is 10.6. The lowest BCUT2D eigenvalue weighted by Gasteiger charge is -2.27. The highest BCUT2D eigenvalue weighted by atomic mass is 35.5. The molecule has 0 bridgehead atoms. The van der Waals surface area contributed by atoms with Gasteiger partial charge in [-0.2, -0.15) is 4.98 Å². The highest BCUT2D eigenvalue weighted by molar-refractivity contribution is 5.85. The van der Waals surface area contributed by atoms with E-state index < -0.39 is 0 Å². The molecule has 6 heteroatoms. The predicted octanol–water partition coefficient (Wildman–Crippen LogP) is 1.51. The lowest BCUT2D eigenvalue weighted by molar-refractivity contribution is 0.235. The normalized spacial score (nSPS) is 14.8. The predicted molar refractivity (Wildman–Crippen MR) is 73.7 cm³/mol. The number of halogens is 1. The van der Waals surface area contributed by atoms with Crippen LogP contribution in [-0.4, -0.2) is 21.6 Å². The van der Waals surface area contributed by atoms with Gasteiger partial charge in [0.2, 0.25) is 5.89 Å². The SMILES string of the molecule is Cl.NCc1nc(CN2CCc3ccccc3C2)no1. The highest BCUT2D eigenvalue weighted by Gasteiger charge is 2.17. The van der Waals surface area contributed by atoms with Gasteiger partial charge in [-0.05, 0) is 17.5 Å². The standard InChI is InChI=1S/C13H16N4O.ClH/c14-7-13-15-12(16-18-13)9-17-6-5-10-3-1-2-4-11(10)8-17;/h1-4H,5-9,14H2;1H. The zero-order chi connectivity index (χ0) is 12.4. The van der Waals surface area contributed by atoms with E-state index >= 15 is 0 Å². The Bertz CT molecular complexity index is 543. The van der Waals surface area contributed by atoms with Gasteiger partial charge in [-0.3, -0.25) is 4.90 Å². The summed E-state index contributed by atoms with van der Waals surface area (Å²) in [4.78, 5) is 6.56. The summed E-state index contributed by atoms with van der Waals surface area (Å²) >= 11 is 0. The van der Waals surface area contributed by atoms with Gasteiger partial charge in [0, 0.05) is 13.1 Å². The summed E-state index contributed by atoms with van der Waals surface area (Å²) in [5, 5.41) is 3.93. The zero-order valence-corrected chi connectivity index (χ0v) is 11.4. The molecule has 2 aromatic rings. The highest BCUT2D eigenvalue weighted by Crippen LogP contribution is 2.19. The number of rotatable bonds is 3. The third kappa shape index (κ3) is 3.12. The van der Waals surface area contributed by atoms with Gasteiger partial charge >= 0.3 is 0 Å². The minimum Gasteiger partial charge on any atom is -0.338 e. The van der Waals surface area contributed by atoms with Gasteiger partial charge < -0.3 is 10.3 Å². The first-order valence-electron chi connectivity index (χ1n) is 6.16. The molecule has 1 aliphatic rings. The van der Waals surface area contributed by atoms with Gasteiger partial charge in [0.15, 0.2) is 5.82 Å². The number of fused-ring (bicyclic) bond motifs is 1. The number of hydrogen-bond acceptors (Lipinski definition) is 5. The van der Waals surface area contributed by atoms with Crippen molar-refractivity contribution in [3.05, 3.63) is 47.1 Å². The number of nitrogens with zero attached hydrogens (tertiary/aromatic N) is 3. The quantitative estimate of drug-likeness (QED) is 0.923. The fourth-order valence-electron chi connectivity index (χ4n) is 2.33. The van der Waals surface area contributed by atoms with Crippen molar-refractivity contribution in [2.75, 3.05) is 6.54 Å². The Morgan fingerprint density at radius 1 is 1.26 bits per heavy atom. The van der Waals surface area contributed by atoms with Crippen LogP contribution in [0.25, 0.3) is 0 Å². The van der Waals surface area contributed by atoms with E-state index in [1.54, 1.807) is 0 Å². The number of aromatic nitrogens is 2. The van der Waals surface area contributed by atoms with Crippen molar-refractivity contribution in [3.63, 3.8) is 0 Å². The topological polar surface area (TPSA) is 68.2 Å². The monoisotopic (exact) mass is 280 g/mol. The molecule has 2 N–H and O–H groups in total. The third-order valence-electron chi connectivity index (χ3n) is 3.26. The summed E-state index contributed by atoms with van der Waals surface area (Å²) in [5.74, 6) is 1.22. The summed E-state index contributed by atoms with van der Waals surface area (Å²) in [6, 6.07) is 8.57. The summed E-state index contributed by atoms with van der Waals surface area (Å²) in [6.07, 6.45) is 1.08. The van der Waals surface area contributed by atoms with Gasteiger partial charge in [0.25, 0.3) is 0 Å². The molecule has 0 saturated heterocycles. The summed E-state index contributed by atoms with van der Waals surface area (Å²) in [6.45, 7) is 3.00. The van der Waals surface area contributed by atoms with Crippen LogP contribution in [0.1, 0.15) is 22.8 Å². The lowest BCUT2D eigenvalue weighted by atomic mass is 10.00. The van der Waals surface area contributed by atoms with Gasteiger partial charge in [0.05, 0.1) is 13.1 Å². The first-order chi connectivity index (χ1) is 8.85. The van der Waals surface area contributed by atoms with E-state index in [0.29, 0.717) is 12.4 Å². The van der Waals surface area contributed by atoms with Crippen molar-refractivity contribution < 1.29 is 4.52 Å². The van der Waals surface area contributed by atoms with Gasteiger partial charge in [-0.1, -0.05) is 29.4 Å². The lowest BCUT2D eigenvalue weighted by Crippen LogP contribution is -2.30. The Morgan fingerprint density at radius 3 is 2.79 bits per heavy atom. The summed E-state index contributed by atoms with van der Waals surface area (Å²) < 4.78 is 5.01. The Kier molecular flexibility index (Phi) is 4.52. The van der Waals surface area contributed by atoms with E-state index in [1.807, 2.05) is 0 Å². The molecule has 1 aromatic heterocycles. The molecule has 0 radical (unpaired) electrons. The minimum absolute atomic E-state index is 0. The third-order valence-corrected chi connectivity index (χ3v) is 3.26. The Morgan fingerprint density at radius 2 is 2.05 bits per heavy atom. The van der Waals surface area contributed by atoms with Crippen molar-refractivity contribution in [2.45, 2.75) is 26.1 Å². The van der Waals surface area contributed by atoms with E-state index in [9.17, 15) is 0 Å². The number of benzene rings is 1. The number of nitrogens with two attached hydrogens (primary N) is 1. The van der Waals surface area contributed by atoms with Crippen LogP contribution in [0.15, 0.2) is 28.8 Å². The van der Waals surface area contributed by atoms with Crippen LogP contribution in [0.2, 0.25) is 0 Å². The van der Waals surface area contributed by atoms with Crippen LogP contribution in [0.3, 0.4) is 0 Å². The van der Waals surface area contributed by atoms with Gasteiger partial charge in [-0.25, -0.2) is 0 Å². The van der Waals surface area contributed by atoms with Crippen molar-refractivity contribution in [1.82, 2.24) is 15.0 Å². The molecule has 0 atom stereocenters. The molecule has 5 nitrogen and oxygen atoms in total. The fourth-order valence-corrected chi connectivity index (χ4v) is 2.33. The smallest absolute Gasteiger partial charge is 0.240 e. The fraction of sp³-hybridized carbons (Fsp3) is 0.385. The molecule has 0 spiro atoms. The van der Waals surface area contributed by atoms with E-state index in [0.717, 1.165) is 31.9 Å². The molecule has 0 aliphatic carbocycles. The van der Waals surface area contributed by atoms with Crippen LogP contribution < -0.4 is 5.73 Å². The largest absolute Gasteiger partial charge is 0.338 e. The summed E-state index contributed by atoms with van der Waals surface area (Å²) in [5.41, 5.74) is 8.29. The van der Waals surface area contributed by atoms with Gasteiger partial charge in [-0.15, -0.1) is 12.4 Å². The van der Waals surface area contributed by atoms with E-state index in [1.165, 1.54) is 11.1 Å². The van der Waals surface area contributed by atoms with Crippen LogP contribution >= 0.6 is 12.4 Å². The van der Waals surface area contributed by atoms with Crippen LogP contribution in [0.4, 0.5) is 0 Å². The van der Waals surface area contributed by atoms with E-state index in [-0.39, 0.29) is 12.4 Å². The summed E-state index contributed by atoms with van der Waals surface area (Å²) in [7, 11) is 0. The maximum atomic E-state index is 5.45. The van der Waals surface area contributed by atoms with Crippen molar-refractivity contribution in [1.29, 1.82) is 0 Å². The minimum atomic E-state index is 0. The van der Waals surface area contributed by atoms with Crippen molar-refractivity contribution >= 4 is 12.4 Å². The molecule has 19 heavy (non-hydrogen) atoms. The molecule has 1 aliphatic heterocycles. The maximum Gasteiger partial charge on any atom is 0.240 e. The Hall–Kier alpha value is -1.43.